The van der Waals surface area contributed by atoms with Gasteiger partial charge < -0.3 is 15.0 Å². The van der Waals surface area contributed by atoms with Gasteiger partial charge >= 0.3 is 0 Å². The Morgan fingerprint density at radius 1 is 1.06 bits per heavy atom. The molecule has 2 aromatic rings. The van der Waals surface area contributed by atoms with E-state index in [1.54, 1.807) is 19.2 Å². The van der Waals surface area contributed by atoms with Gasteiger partial charge in [0.25, 0.3) is 11.6 Å². The average Bonchev–Trinajstić information content (AvgIpc) is 3.54. The molecule has 2 aliphatic rings. The minimum absolute atomic E-state index is 0.00852. The van der Waals surface area contributed by atoms with Crippen molar-refractivity contribution in [1.82, 2.24) is 10.2 Å². The van der Waals surface area contributed by atoms with Crippen molar-refractivity contribution >= 4 is 17.3 Å². The Morgan fingerprint density at radius 2 is 1.72 bits per heavy atom. The van der Waals surface area contributed by atoms with Crippen molar-refractivity contribution in [3.8, 4) is 5.75 Å². The molecule has 1 atom stereocenters. The van der Waals surface area contributed by atoms with Crippen LogP contribution in [0.1, 0.15) is 47.6 Å². The van der Waals surface area contributed by atoms with Gasteiger partial charge in [0.2, 0.25) is 0 Å². The molecule has 170 valence electrons. The summed E-state index contributed by atoms with van der Waals surface area (Å²) < 4.78 is 5.27. The maximum absolute atomic E-state index is 12.9. The zero-order valence-electron chi connectivity index (χ0n) is 18.5. The molecule has 0 aromatic heterocycles. The first-order valence-corrected chi connectivity index (χ1v) is 11.3. The Bertz CT molecular complexity index is 951. The molecule has 2 fully saturated rings. The summed E-state index contributed by atoms with van der Waals surface area (Å²) in [6.07, 6.45) is 4.35. The van der Waals surface area contributed by atoms with Gasteiger partial charge in [-0.05, 0) is 68.6 Å². The molecule has 4 rings (SSSR count). The van der Waals surface area contributed by atoms with Gasteiger partial charge in [-0.25, -0.2) is 0 Å². The number of hydrogen-bond acceptors (Lipinski definition) is 6. The first-order chi connectivity index (χ1) is 15.6. The van der Waals surface area contributed by atoms with Crippen LogP contribution in [0.4, 0.5) is 11.4 Å². The summed E-state index contributed by atoms with van der Waals surface area (Å²) in [5, 5.41) is 14.7. The number of nitro groups is 1. The van der Waals surface area contributed by atoms with Crippen LogP contribution in [0.5, 0.6) is 5.75 Å². The molecule has 1 N–H and O–H groups in total. The van der Waals surface area contributed by atoms with Crippen LogP contribution in [0.3, 0.4) is 0 Å². The van der Waals surface area contributed by atoms with E-state index in [2.05, 4.69) is 10.2 Å². The van der Waals surface area contributed by atoms with E-state index >= 15 is 0 Å². The van der Waals surface area contributed by atoms with Gasteiger partial charge in [-0.2, -0.15) is 0 Å². The van der Waals surface area contributed by atoms with Crippen molar-refractivity contribution in [2.75, 3.05) is 44.7 Å². The summed E-state index contributed by atoms with van der Waals surface area (Å²) in [4.78, 5) is 28.6. The highest BCUT2D eigenvalue weighted by molar-refractivity contribution is 5.95. The number of ether oxygens (including phenoxy) is 1. The molecule has 0 aliphatic carbocycles. The largest absolute Gasteiger partial charge is 0.497 e. The number of carbonyl (C=O) groups is 1. The quantitative estimate of drug-likeness (QED) is 0.499. The average molecular weight is 439 g/mol. The number of benzene rings is 2. The van der Waals surface area contributed by atoms with Crippen LogP contribution in [0, 0.1) is 10.1 Å². The maximum atomic E-state index is 12.9. The van der Waals surface area contributed by atoms with E-state index in [0.29, 0.717) is 17.8 Å². The molecule has 1 amide bonds. The molecular weight excluding hydrogens is 408 g/mol. The van der Waals surface area contributed by atoms with Crippen molar-refractivity contribution in [3.63, 3.8) is 0 Å². The number of nitrogens with one attached hydrogen (secondary N) is 1. The number of likely N-dealkylation sites (tertiary alicyclic amines) is 1. The molecule has 32 heavy (non-hydrogen) atoms. The summed E-state index contributed by atoms with van der Waals surface area (Å²) in [7, 11) is 1.64. The predicted octanol–water partition coefficient (Wildman–Crippen LogP) is 3.77. The van der Waals surface area contributed by atoms with Gasteiger partial charge in [-0.3, -0.25) is 19.8 Å². The molecule has 2 aliphatic heterocycles. The third-order valence-corrected chi connectivity index (χ3v) is 6.42. The zero-order valence-corrected chi connectivity index (χ0v) is 18.5. The molecule has 2 aromatic carbocycles. The number of hydrogen-bond donors (Lipinski definition) is 1. The van der Waals surface area contributed by atoms with E-state index in [1.165, 1.54) is 6.07 Å². The van der Waals surface area contributed by atoms with Gasteiger partial charge in [-0.15, -0.1) is 0 Å². The van der Waals surface area contributed by atoms with Crippen LogP contribution >= 0.6 is 0 Å². The van der Waals surface area contributed by atoms with E-state index in [4.69, 9.17) is 4.74 Å². The maximum Gasteiger partial charge on any atom is 0.293 e. The van der Waals surface area contributed by atoms with E-state index in [-0.39, 0.29) is 17.6 Å². The minimum atomic E-state index is -0.394. The monoisotopic (exact) mass is 438 g/mol. The molecule has 0 spiro atoms. The fourth-order valence-electron chi connectivity index (χ4n) is 4.66. The molecule has 2 heterocycles. The van der Waals surface area contributed by atoms with Crippen LogP contribution in [-0.4, -0.2) is 55.6 Å². The zero-order chi connectivity index (χ0) is 22.5. The van der Waals surface area contributed by atoms with Crippen LogP contribution in [0.25, 0.3) is 0 Å². The lowest BCUT2D eigenvalue weighted by atomic mass is 10.0. The molecule has 2 saturated heterocycles. The van der Waals surface area contributed by atoms with E-state index < -0.39 is 4.92 Å². The second kappa shape index (κ2) is 9.99. The summed E-state index contributed by atoms with van der Waals surface area (Å²) >= 11 is 0. The number of methoxy groups -OCH3 is 1. The Hall–Kier alpha value is -3.13. The lowest BCUT2D eigenvalue weighted by molar-refractivity contribution is -0.384. The first kappa shape index (κ1) is 22.1. The normalized spacial score (nSPS) is 17.3. The van der Waals surface area contributed by atoms with E-state index in [9.17, 15) is 14.9 Å². The van der Waals surface area contributed by atoms with Crippen molar-refractivity contribution in [1.29, 1.82) is 0 Å². The van der Waals surface area contributed by atoms with Crippen molar-refractivity contribution in [2.24, 2.45) is 0 Å². The summed E-state index contributed by atoms with van der Waals surface area (Å²) in [5.41, 5.74) is 2.01. The number of nitrogens with zero attached hydrogens (tertiary/aromatic N) is 3. The minimum Gasteiger partial charge on any atom is -0.497 e. The number of rotatable bonds is 8. The van der Waals surface area contributed by atoms with Gasteiger partial charge in [0.05, 0.1) is 18.1 Å². The van der Waals surface area contributed by atoms with Crippen LogP contribution in [0.15, 0.2) is 42.5 Å². The lowest BCUT2D eigenvalue weighted by Crippen LogP contribution is -2.36. The number of nitro benzene ring substituents is 1. The smallest absolute Gasteiger partial charge is 0.293 e. The van der Waals surface area contributed by atoms with Gasteiger partial charge in [0, 0.05) is 31.3 Å². The molecule has 0 saturated carbocycles. The SMILES string of the molecule is COc1ccc([C@H](CNC(=O)c2ccc(N3CCCC3)c([N+](=O)[O-])c2)N2CCCC2)cc1. The third kappa shape index (κ3) is 4.85. The van der Waals surface area contributed by atoms with Crippen LogP contribution in [-0.2, 0) is 0 Å². The number of carbonyl (C=O) groups excluding carboxylic acids is 1. The predicted molar refractivity (Wildman–Crippen MR) is 123 cm³/mol. The van der Waals surface area contributed by atoms with Crippen LogP contribution in [0.2, 0.25) is 0 Å². The van der Waals surface area contributed by atoms with Crippen molar-refractivity contribution in [2.45, 2.75) is 31.7 Å². The molecule has 8 heteroatoms. The fraction of sp³-hybridized carbons (Fsp3) is 0.458. The highest BCUT2D eigenvalue weighted by Gasteiger charge is 2.26. The van der Waals surface area contributed by atoms with Crippen molar-refractivity contribution < 1.29 is 14.5 Å². The first-order valence-electron chi connectivity index (χ1n) is 11.3. The highest BCUT2D eigenvalue weighted by Crippen LogP contribution is 2.32. The lowest BCUT2D eigenvalue weighted by Gasteiger charge is -2.28. The summed E-state index contributed by atoms with van der Waals surface area (Å²) in [6.45, 7) is 4.04. The standard InChI is InChI=1S/C24H30N4O4/c1-32-20-9-6-18(7-10-20)23(27-14-4-5-15-27)17-25-24(29)19-8-11-21(22(16-19)28(30)31)26-12-2-3-13-26/h6-11,16,23H,2-5,12-15,17H2,1H3,(H,25,29)/t23-/m0/s1. The Morgan fingerprint density at radius 3 is 2.34 bits per heavy atom. The van der Waals surface area contributed by atoms with Gasteiger partial charge in [0.15, 0.2) is 0 Å². The van der Waals surface area contributed by atoms with E-state index in [0.717, 1.165) is 63.2 Å². The Kier molecular flexibility index (Phi) is 6.90. The highest BCUT2D eigenvalue weighted by atomic mass is 16.6. The Balaban J connectivity index is 1.49. The molecule has 0 unspecified atom stereocenters. The van der Waals surface area contributed by atoms with Gasteiger partial charge in [-0.1, -0.05) is 12.1 Å². The molecular formula is C24H30N4O4. The van der Waals surface area contributed by atoms with E-state index in [1.807, 2.05) is 29.2 Å². The summed E-state index contributed by atoms with van der Waals surface area (Å²) in [5.74, 6) is 0.502. The molecule has 0 bridgehead atoms. The third-order valence-electron chi connectivity index (χ3n) is 6.42. The van der Waals surface area contributed by atoms with Crippen molar-refractivity contribution in [3.05, 3.63) is 63.7 Å². The second-order valence-electron chi connectivity index (χ2n) is 8.40. The topological polar surface area (TPSA) is 87.9 Å². The Labute approximate surface area is 188 Å². The molecule has 8 nitrogen and oxygen atoms in total. The summed E-state index contributed by atoms with van der Waals surface area (Å²) in [6, 6.07) is 12.8. The second-order valence-corrected chi connectivity index (χ2v) is 8.40. The fourth-order valence-corrected chi connectivity index (χ4v) is 4.66. The van der Waals surface area contributed by atoms with Gasteiger partial charge in [0.1, 0.15) is 11.4 Å². The number of amides is 1. The molecule has 0 radical (unpaired) electrons. The number of anilines is 1. The van der Waals surface area contributed by atoms with Crippen LogP contribution < -0.4 is 15.0 Å².